The molecule has 2 aromatic rings. The fraction of sp³-hybridized carbons (Fsp3) is 0.333. The highest BCUT2D eigenvalue weighted by Crippen LogP contribution is 2.27. The highest BCUT2D eigenvalue weighted by Gasteiger charge is 2.28. The van der Waals surface area contributed by atoms with E-state index >= 15 is 0 Å². The SMILES string of the molecule is Cc1csc(-n2nc(C#N)c3c2CCCC3=O)n1. The first-order valence-electron chi connectivity index (χ1n) is 5.68. The third kappa shape index (κ3) is 1.56. The molecule has 18 heavy (non-hydrogen) atoms. The number of ketones is 1. The number of fused-ring (bicyclic) bond motifs is 1. The van der Waals surface area contributed by atoms with E-state index in [2.05, 4.69) is 10.1 Å². The number of Topliss-reactive ketones (excluding diaryl/α,β-unsaturated/α-hetero) is 1. The summed E-state index contributed by atoms with van der Waals surface area (Å²) in [6.45, 7) is 1.91. The van der Waals surface area contributed by atoms with Gasteiger partial charge in [-0.1, -0.05) is 0 Å². The third-order valence-corrected chi connectivity index (χ3v) is 3.91. The van der Waals surface area contributed by atoms with Crippen LogP contribution in [0.1, 0.15) is 40.3 Å². The summed E-state index contributed by atoms with van der Waals surface area (Å²) >= 11 is 1.47. The highest BCUT2D eigenvalue weighted by molar-refractivity contribution is 7.12. The van der Waals surface area contributed by atoms with E-state index in [1.54, 1.807) is 4.68 Å². The molecule has 0 aliphatic heterocycles. The zero-order chi connectivity index (χ0) is 12.7. The molecule has 0 bridgehead atoms. The van der Waals surface area contributed by atoms with Crippen LogP contribution in [0.25, 0.3) is 5.13 Å². The first-order valence-corrected chi connectivity index (χ1v) is 6.56. The van der Waals surface area contributed by atoms with Crippen LogP contribution in [0.2, 0.25) is 0 Å². The summed E-state index contributed by atoms with van der Waals surface area (Å²) < 4.78 is 1.66. The van der Waals surface area contributed by atoms with Crippen LogP contribution in [0.4, 0.5) is 0 Å². The van der Waals surface area contributed by atoms with E-state index < -0.39 is 0 Å². The predicted molar refractivity (Wildman–Crippen MR) is 66.0 cm³/mol. The average molecular weight is 258 g/mol. The first kappa shape index (κ1) is 11.1. The maximum absolute atomic E-state index is 11.9. The molecule has 2 heterocycles. The Morgan fingerprint density at radius 2 is 2.33 bits per heavy atom. The van der Waals surface area contributed by atoms with Crippen LogP contribution in [-0.2, 0) is 6.42 Å². The summed E-state index contributed by atoms with van der Waals surface area (Å²) in [5.41, 5.74) is 2.47. The van der Waals surface area contributed by atoms with Crippen LogP contribution < -0.4 is 0 Å². The fourth-order valence-electron chi connectivity index (χ4n) is 2.19. The van der Waals surface area contributed by atoms with Gasteiger partial charge in [0.25, 0.3) is 0 Å². The number of rotatable bonds is 1. The van der Waals surface area contributed by atoms with Crippen molar-refractivity contribution in [2.45, 2.75) is 26.2 Å². The number of nitriles is 1. The van der Waals surface area contributed by atoms with Crippen molar-refractivity contribution in [3.05, 3.63) is 28.0 Å². The van der Waals surface area contributed by atoms with Gasteiger partial charge in [-0.2, -0.15) is 10.4 Å². The Morgan fingerprint density at radius 3 is 3.00 bits per heavy atom. The smallest absolute Gasteiger partial charge is 0.210 e. The van der Waals surface area contributed by atoms with E-state index in [1.165, 1.54) is 11.3 Å². The second-order valence-electron chi connectivity index (χ2n) is 4.24. The molecule has 0 unspecified atom stereocenters. The number of nitrogens with zero attached hydrogens (tertiary/aromatic N) is 4. The largest absolute Gasteiger partial charge is 0.294 e. The second-order valence-corrected chi connectivity index (χ2v) is 5.08. The van der Waals surface area contributed by atoms with E-state index in [0.29, 0.717) is 12.0 Å². The number of carbonyl (C=O) groups is 1. The van der Waals surface area contributed by atoms with Crippen LogP contribution in [-0.4, -0.2) is 20.5 Å². The highest BCUT2D eigenvalue weighted by atomic mass is 32.1. The molecule has 1 aliphatic rings. The third-order valence-electron chi connectivity index (χ3n) is 2.97. The van der Waals surface area contributed by atoms with Crippen molar-refractivity contribution in [3.8, 4) is 11.2 Å². The lowest BCUT2D eigenvalue weighted by Crippen LogP contribution is -2.13. The zero-order valence-corrected chi connectivity index (χ0v) is 10.6. The van der Waals surface area contributed by atoms with Crippen LogP contribution in [0.15, 0.2) is 5.38 Å². The van der Waals surface area contributed by atoms with Crippen molar-refractivity contribution in [3.63, 3.8) is 0 Å². The second kappa shape index (κ2) is 4.03. The van der Waals surface area contributed by atoms with Gasteiger partial charge in [0.1, 0.15) is 6.07 Å². The van der Waals surface area contributed by atoms with Crippen molar-refractivity contribution >= 4 is 17.1 Å². The van der Waals surface area contributed by atoms with Gasteiger partial charge in [0, 0.05) is 11.8 Å². The summed E-state index contributed by atoms with van der Waals surface area (Å²) in [5.74, 6) is 0.0207. The van der Waals surface area contributed by atoms with E-state index in [4.69, 9.17) is 5.26 Å². The quantitative estimate of drug-likeness (QED) is 0.784. The van der Waals surface area contributed by atoms with Crippen molar-refractivity contribution < 1.29 is 4.79 Å². The minimum absolute atomic E-state index is 0.0207. The molecule has 0 spiro atoms. The molecule has 90 valence electrons. The summed E-state index contributed by atoms with van der Waals surface area (Å²) in [6, 6.07) is 2.01. The van der Waals surface area contributed by atoms with E-state index in [-0.39, 0.29) is 11.5 Å². The lowest BCUT2D eigenvalue weighted by Gasteiger charge is -2.11. The van der Waals surface area contributed by atoms with Crippen LogP contribution in [0.5, 0.6) is 0 Å². The standard InChI is InChI=1S/C12H10N4OS/c1-7-6-18-12(14-7)16-9-3-2-4-10(17)11(9)8(5-13)15-16/h6H,2-4H2,1H3. The Hall–Kier alpha value is -2.00. The monoisotopic (exact) mass is 258 g/mol. The number of aryl methyl sites for hydroxylation is 1. The average Bonchev–Trinajstić information content (AvgIpc) is 2.93. The molecule has 0 amide bonds. The van der Waals surface area contributed by atoms with Gasteiger partial charge in [-0.05, 0) is 19.8 Å². The zero-order valence-electron chi connectivity index (χ0n) is 9.80. The molecule has 0 radical (unpaired) electrons. The van der Waals surface area contributed by atoms with E-state index in [0.717, 1.165) is 29.4 Å². The van der Waals surface area contributed by atoms with Crippen LogP contribution in [0, 0.1) is 18.3 Å². The van der Waals surface area contributed by atoms with Gasteiger partial charge < -0.3 is 0 Å². The maximum atomic E-state index is 11.9. The van der Waals surface area contributed by atoms with Crippen LogP contribution >= 0.6 is 11.3 Å². The Bertz CT molecular complexity index is 677. The van der Waals surface area contributed by atoms with Gasteiger partial charge in [0.2, 0.25) is 5.13 Å². The lowest BCUT2D eigenvalue weighted by molar-refractivity contribution is 0.0972. The Labute approximate surface area is 108 Å². The summed E-state index contributed by atoms with van der Waals surface area (Å²) in [7, 11) is 0. The minimum Gasteiger partial charge on any atom is -0.294 e. The normalized spacial score (nSPS) is 14.3. The first-order chi connectivity index (χ1) is 8.70. The molecule has 1 aliphatic carbocycles. The molecule has 5 nitrogen and oxygen atoms in total. The van der Waals surface area contributed by atoms with Crippen LogP contribution in [0.3, 0.4) is 0 Å². The predicted octanol–water partition coefficient (Wildman–Crippen LogP) is 2.03. The van der Waals surface area contributed by atoms with Crippen molar-refractivity contribution in [2.75, 3.05) is 0 Å². The van der Waals surface area contributed by atoms with Gasteiger partial charge in [0.15, 0.2) is 11.5 Å². The van der Waals surface area contributed by atoms with Gasteiger partial charge in [-0.3, -0.25) is 4.79 Å². The number of aromatic nitrogens is 3. The molecular formula is C12H10N4OS. The number of hydrogen-bond donors (Lipinski definition) is 0. The Balaban J connectivity index is 2.23. The molecule has 3 rings (SSSR count). The molecule has 2 aromatic heterocycles. The molecule has 0 atom stereocenters. The molecule has 0 saturated heterocycles. The number of thiazole rings is 1. The topological polar surface area (TPSA) is 71.6 Å². The number of hydrogen-bond acceptors (Lipinski definition) is 5. The van der Waals surface area contributed by atoms with E-state index in [1.807, 2.05) is 18.4 Å². The number of carbonyl (C=O) groups excluding carboxylic acids is 1. The summed E-state index contributed by atoms with van der Waals surface area (Å²) in [4.78, 5) is 16.3. The molecular weight excluding hydrogens is 248 g/mol. The summed E-state index contributed by atoms with van der Waals surface area (Å²) in [6.07, 6.45) is 2.09. The molecule has 0 N–H and O–H groups in total. The Morgan fingerprint density at radius 1 is 1.50 bits per heavy atom. The molecule has 0 saturated carbocycles. The molecule has 0 aromatic carbocycles. The van der Waals surface area contributed by atoms with Crippen molar-refractivity contribution in [2.24, 2.45) is 0 Å². The van der Waals surface area contributed by atoms with Gasteiger partial charge in [0.05, 0.1) is 17.0 Å². The molecule has 0 fully saturated rings. The lowest BCUT2D eigenvalue weighted by atomic mass is 9.95. The van der Waals surface area contributed by atoms with Gasteiger partial charge in [-0.25, -0.2) is 9.67 Å². The van der Waals surface area contributed by atoms with Crippen molar-refractivity contribution in [1.82, 2.24) is 14.8 Å². The van der Waals surface area contributed by atoms with Gasteiger partial charge in [-0.15, -0.1) is 11.3 Å². The Kier molecular flexibility index (Phi) is 2.49. The summed E-state index contributed by atoms with van der Waals surface area (Å²) in [5, 5.41) is 16.0. The van der Waals surface area contributed by atoms with Gasteiger partial charge >= 0.3 is 0 Å². The fourth-order valence-corrected chi connectivity index (χ4v) is 2.97. The van der Waals surface area contributed by atoms with Crippen molar-refractivity contribution in [1.29, 1.82) is 5.26 Å². The molecule has 6 heteroatoms. The maximum Gasteiger partial charge on any atom is 0.210 e. The minimum atomic E-state index is 0.0207. The van der Waals surface area contributed by atoms with E-state index in [9.17, 15) is 4.79 Å².